The first kappa shape index (κ1) is 19.1. The molecule has 1 fully saturated rings. The summed E-state index contributed by atoms with van der Waals surface area (Å²) in [5.74, 6) is 0.305. The van der Waals surface area contributed by atoms with Crippen LogP contribution in [0.15, 0.2) is 42.9 Å². The maximum atomic E-state index is 11.3. The number of hydrogen-bond donors (Lipinski definition) is 4. The van der Waals surface area contributed by atoms with Crippen LogP contribution in [0.3, 0.4) is 0 Å². The number of benzene rings is 1. The van der Waals surface area contributed by atoms with Gasteiger partial charge in [-0.25, -0.2) is 9.97 Å². The van der Waals surface area contributed by atoms with Gasteiger partial charge in [0.2, 0.25) is 0 Å². The first-order valence-electron chi connectivity index (χ1n) is 8.94. The number of fused-ring (bicyclic) bond motifs is 1. The molecule has 1 aromatic carbocycles. The molecular formula is C19H21ClN4O4. The highest BCUT2D eigenvalue weighted by molar-refractivity contribution is 6.30. The predicted molar refractivity (Wildman–Crippen MR) is 104 cm³/mol. The summed E-state index contributed by atoms with van der Waals surface area (Å²) < 4.78 is 7.58. The molecule has 1 aliphatic heterocycles. The third-order valence-electron chi connectivity index (χ3n) is 5.41. The van der Waals surface area contributed by atoms with Crippen molar-refractivity contribution in [1.82, 2.24) is 14.5 Å². The molecule has 1 aliphatic rings. The van der Waals surface area contributed by atoms with Gasteiger partial charge in [-0.15, -0.1) is 0 Å². The lowest BCUT2D eigenvalue weighted by molar-refractivity contribution is -0.146. The number of rotatable bonds is 4. The van der Waals surface area contributed by atoms with Crippen LogP contribution in [0.1, 0.15) is 25.1 Å². The molecule has 0 spiro atoms. The first-order valence-corrected chi connectivity index (χ1v) is 9.31. The zero-order chi connectivity index (χ0) is 20.1. The van der Waals surface area contributed by atoms with E-state index in [0.717, 1.165) is 0 Å². The van der Waals surface area contributed by atoms with E-state index in [1.807, 2.05) is 0 Å². The standard InChI is InChI=1S/C19H21ClN4O4/c1-2-19(27,10-3-5-11(20)6-4-10)15-13(25)14(26)18(28-15)24-8-7-12-16(21)22-9-23-17(12)24/h3-9,13-15,18,25-27H,2H2,1H3,(H2,21,22,23)/t13-,14+,15-,18+,19?/m0/s1. The van der Waals surface area contributed by atoms with Crippen LogP contribution in [0.5, 0.6) is 0 Å². The average molecular weight is 405 g/mol. The molecule has 0 saturated carbocycles. The topological polar surface area (TPSA) is 127 Å². The van der Waals surface area contributed by atoms with Gasteiger partial charge in [0, 0.05) is 11.2 Å². The molecular weight excluding hydrogens is 384 g/mol. The summed E-state index contributed by atoms with van der Waals surface area (Å²) >= 11 is 5.95. The van der Waals surface area contributed by atoms with Gasteiger partial charge < -0.3 is 30.4 Å². The molecule has 1 saturated heterocycles. The van der Waals surface area contributed by atoms with Crippen molar-refractivity contribution in [3.8, 4) is 0 Å². The third kappa shape index (κ3) is 2.85. The van der Waals surface area contributed by atoms with Crippen molar-refractivity contribution >= 4 is 28.5 Å². The van der Waals surface area contributed by atoms with Crippen LogP contribution in [-0.4, -0.2) is 48.2 Å². The Morgan fingerprint density at radius 2 is 1.89 bits per heavy atom. The van der Waals surface area contributed by atoms with Gasteiger partial charge in [-0.1, -0.05) is 30.7 Å². The quantitative estimate of drug-likeness (QED) is 0.520. The second kappa shape index (κ2) is 6.98. The number of aliphatic hydroxyl groups is 3. The summed E-state index contributed by atoms with van der Waals surface area (Å²) in [6, 6.07) is 8.39. The molecule has 1 unspecified atom stereocenters. The highest BCUT2D eigenvalue weighted by Gasteiger charge is 2.53. The fourth-order valence-corrected chi connectivity index (χ4v) is 3.91. The number of aromatic nitrogens is 3. The maximum absolute atomic E-state index is 11.3. The largest absolute Gasteiger partial charge is 0.387 e. The number of hydrogen-bond acceptors (Lipinski definition) is 7. The minimum atomic E-state index is -1.52. The maximum Gasteiger partial charge on any atom is 0.164 e. The monoisotopic (exact) mass is 404 g/mol. The molecule has 4 rings (SSSR count). The van der Waals surface area contributed by atoms with Crippen LogP contribution in [0.2, 0.25) is 5.02 Å². The summed E-state index contributed by atoms with van der Waals surface area (Å²) in [5.41, 5.74) is 5.36. The zero-order valence-electron chi connectivity index (χ0n) is 15.1. The number of nitrogens with two attached hydrogens (primary N) is 1. The van der Waals surface area contributed by atoms with Gasteiger partial charge in [-0.2, -0.15) is 0 Å². The molecule has 3 aromatic rings. The molecule has 0 radical (unpaired) electrons. The summed E-state index contributed by atoms with van der Waals surface area (Å²) in [6.45, 7) is 1.78. The van der Waals surface area contributed by atoms with E-state index in [-0.39, 0.29) is 6.42 Å². The number of aliphatic hydroxyl groups excluding tert-OH is 2. The Bertz CT molecular complexity index is 995. The highest BCUT2D eigenvalue weighted by atomic mass is 35.5. The lowest BCUT2D eigenvalue weighted by Crippen LogP contribution is -2.46. The molecule has 2 aromatic heterocycles. The highest BCUT2D eigenvalue weighted by Crippen LogP contribution is 2.42. The van der Waals surface area contributed by atoms with Gasteiger partial charge in [0.15, 0.2) is 6.23 Å². The number of anilines is 1. The SMILES string of the molecule is CCC(O)(c1ccc(Cl)cc1)[C@H]1O[C@@H](n2ccc3c(N)ncnc32)[C@H](O)[C@@H]1O. The van der Waals surface area contributed by atoms with Crippen molar-refractivity contribution in [3.63, 3.8) is 0 Å². The van der Waals surface area contributed by atoms with Crippen LogP contribution in [0, 0.1) is 0 Å². The lowest BCUT2D eigenvalue weighted by atomic mass is 9.83. The minimum Gasteiger partial charge on any atom is -0.387 e. The van der Waals surface area contributed by atoms with Gasteiger partial charge in [0.05, 0.1) is 5.39 Å². The van der Waals surface area contributed by atoms with Crippen molar-refractivity contribution < 1.29 is 20.1 Å². The summed E-state index contributed by atoms with van der Waals surface area (Å²) in [7, 11) is 0. The Morgan fingerprint density at radius 3 is 2.57 bits per heavy atom. The van der Waals surface area contributed by atoms with E-state index in [0.29, 0.717) is 27.4 Å². The predicted octanol–water partition coefficient (Wildman–Crippen LogP) is 1.58. The first-order chi connectivity index (χ1) is 13.4. The third-order valence-corrected chi connectivity index (χ3v) is 5.66. The van der Waals surface area contributed by atoms with E-state index >= 15 is 0 Å². The summed E-state index contributed by atoms with van der Waals surface area (Å²) in [4.78, 5) is 8.15. The Morgan fingerprint density at radius 1 is 1.18 bits per heavy atom. The molecule has 3 heterocycles. The average Bonchev–Trinajstić information content (AvgIpc) is 3.25. The van der Waals surface area contributed by atoms with E-state index in [1.165, 1.54) is 6.33 Å². The van der Waals surface area contributed by atoms with Gasteiger partial charge in [0.25, 0.3) is 0 Å². The van der Waals surface area contributed by atoms with Crippen molar-refractivity contribution in [2.45, 2.75) is 43.5 Å². The number of nitrogens with zero attached hydrogens (tertiary/aromatic N) is 3. The van der Waals surface area contributed by atoms with E-state index < -0.39 is 30.1 Å². The fraction of sp³-hybridized carbons (Fsp3) is 0.368. The van der Waals surface area contributed by atoms with Gasteiger partial charge in [-0.3, -0.25) is 0 Å². The van der Waals surface area contributed by atoms with Crippen molar-refractivity contribution in [2.24, 2.45) is 0 Å². The molecule has 8 nitrogen and oxygen atoms in total. The van der Waals surface area contributed by atoms with Gasteiger partial charge in [0.1, 0.15) is 41.7 Å². The van der Waals surface area contributed by atoms with Gasteiger partial charge in [-0.05, 0) is 30.2 Å². The van der Waals surface area contributed by atoms with Crippen molar-refractivity contribution in [3.05, 3.63) is 53.4 Å². The molecule has 5 N–H and O–H groups in total. The lowest BCUT2D eigenvalue weighted by Gasteiger charge is -2.34. The minimum absolute atomic E-state index is 0.261. The van der Waals surface area contributed by atoms with Crippen LogP contribution >= 0.6 is 11.6 Å². The Hall–Kier alpha value is -2.23. The van der Waals surface area contributed by atoms with E-state index in [9.17, 15) is 15.3 Å². The Kier molecular flexibility index (Phi) is 4.76. The van der Waals surface area contributed by atoms with Gasteiger partial charge >= 0.3 is 0 Å². The number of ether oxygens (including phenoxy) is 1. The van der Waals surface area contributed by atoms with Crippen LogP contribution in [-0.2, 0) is 10.3 Å². The van der Waals surface area contributed by atoms with E-state index in [4.69, 9.17) is 22.1 Å². The second-order valence-corrected chi connectivity index (χ2v) is 7.37. The fourth-order valence-electron chi connectivity index (χ4n) is 3.79. The van der Waals surface area contributed by atoms with E-state index in [1.54, 1.807) is 48.0 Å². The van der Waals surface area contributed by atoms with Crippen LogP contribution in [0.4, 0.5) is 5.82 Å². The Balaban J connectivity index is 1.72. The van der Waals surface area contributed by atoms with Crippen LogP contribution < -0.4 is 5.73 Å². The van der Waals surface area contributed by atoms with Crippen LogP contribution in [0.25, 0.3) is 11.0 Å². The van der Waals surface area contributed by atoms with Crippen molar-refractivity contribution in [2.75, 3.05) is 5.73 Å². The Labute approximate surface area is 166 Å². The number of nitrogen functional groups attached to an aromatic ring is 1. The second-order valence-electron chi connectivity index (χ2n) is 6.93. The van der Waals surface area contributed by atoms with Crippen molar-refractivity contribution in [1.29, 1.82) is 0 Å². The number of halogens is 1. The molecule has 0 bridgehead atoms. The summed E-state index contributed by atoms with van der Waals surface area (Å²) in [6.07, 6.45) is -1.36. The van der Waals surface area contributed by atoms with E-state index in [2.05, 4.69) is 9.97 Å². The zero-order valence-corrected chi connectivity index (χ0v) is 15.9. The molecule has 28 heavy (non-hydrogen) atoms. The molecule has 0 aliphatic carbocycles. The normalized spacial score (nSPS) is 27.2. The molecule has 9 heteroatoms. The molecule has 5 atom stereocenters. The molecule has 0 amide bonds. The summed E-state index contributed by atoms with van der Waals surface area (Å²) in [5, 5.41) is 33.9. The smallest absolute Gasteiger partial charge is 0.164 e. The molecule has 148 valence electrons.